The van der Waals surface area contributed by atoms with Gasteiger partial charge in [0.15, 0.2) is 0 Å². The first-order valence-corrected chi connectivity index (χ1v) is 9.11. The molecule has 3 rings (SSSR count). The molecule has 0 aromatic heterocycles. The number of nitrogens with zero attached hydrogens (tertiary/aromatic N) is 1. The molecule has 0 bridgehead atoms. The third-order valence-corrected chi connectivity index (χ3v) is 5.50. The Kier molecular flexibility index (Phi) is 6.24. The normalized spacial score (nSPS) is 23.5. The molecule has 0 radical (unpaired) electrons. The third-order valence-electron chi connectivity index (χ3n) is 5.19. The summed E-state index contributed by atoms with van der Waals surface area (Å²) in [6.07, 6.45) is 0.772. The number of benzene rings is 2. The Bertz CT molecular complexity index is 758. The van der Waals surface area contributed by atoms with Crippen molar-refractivity contribution in [1.29, 1.82) is 0 Å². The average molecular weight is 381 g/mol. The lowest BCUT2D eigenvalue weighted by Crippen LogP contribution is -2.32. The Morgan fingerprint density at radius 2 is 1.96 bits per heavy atom. The van der Waals surface area contributed by atoms with E-state index in [1.165, 1.54) is 12.1 Å². The highest BCUT2D eigenvalue weighted by atomic mass is 35.5. The molecule has 140 valence electrons. The van der Waals surface area contributed by atoms with Crippen molar-refractivity contribution >= 4 is 11.6 Å². The second-order valence-corrected chi connectivity index (χ2v) is 7.25. The summed E-state index contributed by atoms with van der Waals surface area (Å²) in [5, 5.41) is 13.1. The monoisotopic (exact) mass is 380 g/mol. The van der Waals surface area contributed by atoms with Crippen molar-refractivity contribution in [1.82, 2.24) is 10.2 Å². The maximum Gasteiger partial charge on any atom is 0.142 e. The molecule has 1 aliphatic heterocycles. The fraction of sp³-hybridized carbons (Fsp3) is 0.400. The van der Waals surface area contributed by atoms with Gasteiger partial charge >= 0.3 is 0 Å². The highest BCUT2D eigenvalue weighted by Crippen LogP contribution is 2.40. The van der Waals surface area contributed by atoms with Crippen molar-refractivity contribution in [3.63, 3.8) is 0 Å². The number of aliphatic hydroxyl groups excluding tert-OH is 1. The van der Waals surface area contributed by atoms with E-state index < -0.39 is 5.82 Å². The smallest absolute Gasteiger partial charge is 0.142 e. The highest BCUT2D eigenvalue weighted by Gasteiger charge is 2.40. The van der Waals surface area contributed by atoms with Crippen molar-refractivity contribution in [2.45, 2.75) is 25.0 Å². The van der Waals surface area contributed by atoms with Crippen LogP contribution in [0.15, 0.2) is 42.5 Å². The van der Waals surface area contributed by atoms with E-state index in [4.69, 9.17) is 11.6 Å². The van der Waals surface area contributed by atoms with Crippen molar-refractivity contribution in [3.05, 3.63) is 70.2 Å². The van der Waals surface area contributed by atoms with E-state index in [2.05, 4.69) is 5.32 Å². The fourth-order valence-electron chi connectivity index (χ4n) is 3.84. The van der Waals surface area contributed by atoms with Crippen LogP contribution in [-0.2, 0) is 6.54 Å². The fourth-order valence-corrected chi connectivity index (χ4v) is 3.96. The lowest BCUT2D eigenvalue weighted by Gasteiger charge is -2.28. The molecule has 2 N–H and O–H groups in total. The van der Waals surface area contributed by atoms with Crippen LogP contribution in [0.1, 0.15) is 23.6 Å². The van der Waals surface area contributed by atoms with Gasteiger partial charge in [0.1, 0.15) is 11.6 Å². The molecular formula is C20H23ClF2N2O. The summed E-state index contributed by atoms with van der Waals surface area (Å²) in [6.45, 7) is 1.19. The quantitative estimate of drug-likeness (QED) is 0.801. The molecule has 1 saturated heterocycles. The molecule has 0 aliphatic carbocycles. The van der Waals surface area contributed by atoms with E-state index in [0.717, 1.165) is 12.0 Å². The topological polar surface area (TPSA) is 35.5 Å². The largest absolute Gasteiger partial charge is 0.395 e. The zero-order chi connectivity index (χ0) is 18.7. The minimum Gasteiger partial charge on any atom is -0.395 e. The summed E-state index contributed by atoms with van der Waals surface area (Å²) in [6, 6.07) is 11.4. The lowest BCUT2D eigenvalue weighted by atomic mass is 9.92. The zero-order valence-corrected chi connectivity index (χ0v) is 15.4. The van der Waals surface area contributed by atoms with E-state index in [1.54, 1.807) is 24.3 Å². The Balaban J connectivity index is 1.70. The molecule has 0 amide bonds. The van der Waals surface area contributed by atoms with Gasteiger partial charge in [0, 0.05) is 30.7 Å². The van der Waals surface area contributed by atoms with Crippen LogP contribution in [0.3, 0.4) is 0 Å². The van der Waals surface area contributed by atoms with Crippen LogP contribution in [0.25, 0.3) is 0 Å². The Morgan fingerprint density at radius 3 is 2.65 bits per heavy atom. The summed E-state index contributed by atoms with van der Waals surface area (Å²) in [5.41, 5.74) is 1.45. The number of hydrogen-bond acceptors (Lipinski definition) is 3. The standard InChI is InChI=1S/C20H23ClF2N2O/c1-25-15(12-26)9-14(20(25)16-4-2-3-5-18(16)22)11-24-10-13-6-7-17(21)19(23)8-13/h2-8,14-15,20,24,26H,9-12H2,1H3/t14-,15+,20-/m0/s1. The molecule has 0 unspecified atom stereocenters. The molecule has 0 spiro atoms. The third kappa shape index (κ3) is 4.07. The van der Waals surface area contributed by atoms with Crippen LogP contribution in [0.5, 0.6) is 0 Å². The van der Waals surface area contributed by atoms with Crippen LogP contribution in [0, 0.1) is 17.6 Å². The summed E-state index contributed by atoms with van der Waals surface area (Å²) in [4.78, 5) is 2.05. The molecule has 1 fully saturated rings. The average Bonchev–Trinajstić information content (AvgIpc) is 2.94. The number of likely N-dealkylation sites (N-methyl/N-ethyl adjacent to an activating group) is 1. The van der Waals surface area contributed by atoms with Gasteiger partial charge in [-0.15, -0.1) is 0 Å². The van der Waals surface area contributed by atoms with Gasteiger partial charge in [-0.3, -0.25) is 4.90 Å². The van der Waals surface area contributed by atoms with Crippen molar-refractivity contribution in [3.8, 4) is 0 Å². The number of halogens is 3. The number of likely N-dealkylation sites (tertiary alicyclic amines) is 1. The molecule has 3 nitrogen and oxygen atoms in total. The van der Waals surface area contributed by atoms with E-state index in [1.807, 2.05) is 18.0 Å². The molecule has 1 heterocycles. The SMILES string of the molecule is CN1[C@@H](CO)C[C@@H](CNCc2ccc(Cl)c(F)c2)[C@H]1c1ccccc1F. The molecule has 1 aliphatic rings. The van der Waals surface area contributed by atoms with Gasteiger partial charge in [-0.2, -0.15) is 0 Å². The van der Waals surface area contributed by atoms with Crippen LogP contribution in [-0.4, -0.2) is 36.2 Å². The maximum atomic E-state index is 14.3. The zero-order valence-electron chi connectivity index (χ0n) is 14.6. The van der Waals surface area contributed by atoms with Crippen molar-refractivity contribution in [2.75, 3.05) is 20.2 Å². The van der Waals surface area contributed by atoms with E-state index in [-0.39, 0.29) is 35.4 Å². The first-order chi connectivity index (χ1) is 12.5. The number of nitrogens with one attached hydrogen (secondary N) is 1. The number of aliphatic hydroxyl groups is 1. The van der Waals surface area contributed by atoms with Crippen molar-refractivity contribution < 1.29 is 13.9 Å². The summed E-state index contributed by atoms with van der Waals surface area (Å²) in [5.74, 6) is -0.518. The molecule has 3 atom stereocenters. The molecular weight excluding hydrogens is 358 g/mol. The predicted molar refractivity (Wildman–Crippen MR) is 99.0 cm³/mol. The van der Waals surface area contributed by atoms with E-state index >= 15 is 0 Å². The van der Waals surface area contributed by atoms with Gasteiger partial charge < -0.3 is 10.4 Å². The molecule has 6 heteroatoms. The van der Waals surface area contributed by atoms with Gasteiger partial charge in [-0.05, 0) is 43.1 Å². The second-order valence-electron chi connectivity index (χ2n) is 6.84. The molecule has 0 saturated carbocycles. The van der Waals surface area contributed by atoms with E-state index in [9.17, 15) is 13.9 Å². The maximum absolute atomic E-state index is 14.3. The first-order valence-electron chi connectivity index (χ1n) is 8.73. The minimum absolute atomic E-state index is 0.000572. The van der Waals surface area contributed by atoms with Crippen LogP contribution >= 0.6 is 11.6 Å². The van der Waals surface area contributed by atoms with Gasteiger partial charge in [0.25, 0.3) is 0 Å². The summed E-state index contributed by atoms with van der Waals surface area (Å²) >= 11 is 5.71. The van der Waals surface area contributed by atoms with Gasteiger partial charge in [0.2, 0.25) is 0 Å². The van der Waals surface area contributed by atoms with Crippen LogP contribution < -0.4 is 5.32 Å². The minimum atomic E-state index is -0.434. The van der Waals surface area contributed by atoms with Crippen LogP contribution in [0.2, 0.25) is 5.02 Å². The highest BCUT2D eigenvalue weighted by molar-refractivity contribution is 6.30. The predicted octanol–water partition coefficient (Wildman–Crippen LogP) is 3.76. The first kappa shape index (κ1) is 19.2. The van der Waals surface area contributed by atoms with Crippen LogP contribution in [0.4, 0.5) is 8.78 Å². The Labute approximate surface area is 157 Å². The number of rotatable bonds is 6. The Hall–Kier alpha value is -1.53. The van der Waals surface area contributed by atoms with Gasteiger partial charge in [-0.1, -0.05) is 35.9 Å². The molecule has 2 aromatic rings. The Morgan fingerprint density at radius 1 is 1.19 bits per heavy atom. The van der Waals surface area contributed by atoms with Gasteiger partial charge in [-0.25, -0.2) is 8.78 Å². The molecule has 2 aromatic carbocycles. The number of hydrogen-bond donors (Lipinski definition) is 2. The van der Waals surface area contributed by atoms with E-state index in [0.29, 0.717) is 18.7 Å². The second kappa shape index (κ2) is 8.44. The summed E-state index contributed by atoms with van der Waals surface area (Å²) < 4.78 is 27.9. The summed E-state index contributed by atoms with van der Waals surface area (Å²) in [7, 11) is 1.92. The molecule has 26 heavy (non-hydrogen) atoms. The van der Waals surface area contributed by atoms with Crippen molar-refractivity contribution in [2.24, 2.45) is 5.92 Å². The lowest BCUT2D eigenvalue weighted by molar-refractivity contribution is 0.151. The van der Waals surface area contributed by atoms with Gasteiger partial charge in [0.05, 0.1) is 11.6 Å².